The zero-order valence-electron chi connectivity index (χ0n) is 12.3. The number of carboxylic acids is 1. The van der Waals surface area contributed by atoms with E-state index in [-0.39, 0.29) is 18.1 Å². The van der Waals surface area contributed by atoms with Gasteiger partial charge in [0.2, 0.25) is 0 Å². The van der Waals surface area contributed by atoms with Gasteiger partial charge in [0.25, 0.3) is 0 Å². The summed E-state index contributed by atoms with van der Waals surface area (Å²) in [6.07, 6.45) is 0.339. The molecule has 1 fully saturated rings. The number of carbonyl (C=O) groups is 2. The van der Waals surface area contributed by atoms with Crippen molar-refractivity contribution in [2.75, 3.05) is 18.1 Å². The van der Waals surface area contributed by atoms with Crippen molar-refractivity contribution in [1.29, 1.82) is 0 Å². The number of rotatable bonds is 4. The predicted molar refractivity (Wildman–Crippen MR) is 74.3 cm³/mol. The molecular weight excluding hydrogens is 284 g/mol. The average molecular weight is 306 g/mol. The summed E-state index contributed by atoms with van der Waals surface area (Å²) >= 11 is 0. The molecule has 0 aromatic rings. The number of amides is 2. The van der Waals surface area contributed by atoms with Crippen LogP contribution in [0.4, 0.5) is 4.79 Å². The first-order chi connectivity index (χ1) is 8.93. The quantitative estimate of drug-likeness (QED) is 0.785. The second-order valence-electron chi connectivity index (χ2n) is 5.94. The minimum absolute atomic E-state index is 0.0399. The molecule has 116 valence electrons. The molecule has 1 atom stereocenters. The molecule has 0 saturated carbocycles. The monoisotopic (exact) mass is 306 g/mol. The molecule has 1 unspecified atom stereocenters. The predicted octanol–water partition coefficient (Wildman–Crippen LogP) is 0.458. The summed E-state index contributed by atoms with van der Waals surface area (Å²) in [6, 6.07) is -0.556. The lowest BCUT2D eigenvalue weighted by Crippen LogP contribution is -2.60. The van der Waals surface area contributed by atoms with Gasteiger partial charge in [-0.2, -0.15) is 0 Å². The first kappa shape index (κ1) is 16.7. The fourth-order valence-electron chi connectivity index (χ4n) is 2.34. The smallest absolute Gasteiger partial charge is 0.329 e. The Bertz CT molecular complexity index is 514. The second-order valence-corrected chi connectivity index (χ2v) is 8.13. The third-order valence-electron chi connectivity index (χ3n) is 3.67. The topological polar surface area (TPSA) is 104 Å². The number of hydrogen-bond acceptors (Lipinski definition) is 4. The number of nitrogens with one attached hydrogen (secondary N) is 1. The molecule has 0 aromatic carbocycles. The zero-order valence-corrected chi connectivity index (χ0v) is 13.1. The molecule has 0 spiro atoms. The van der Waals surface area contributed by atoms with E-state index in [2.05, 4.69) is 5.32 Å². The Hall–Kier alpha value is -1.31. The molecule has 1 aliphatic heterocycles. The maximum atomic E-state index is 12.3. The Morgan fingerprint density at radius 1 is 1.40 bits per heavy atom. The Morgan fingerprint density at radius 3 is 2.30 bits per heavy atom. The lowest BCUT2D eigenvalue weighted by Gasteiger charge is -2.37. The average Bonchev–Trinajstić information content (AvgIpc) is 2.52. The van der Waals surface area contributed by atoms with Crippen LogP contribution < -0.4 is 5.32 Å². The van der Waals surface area contributed by atoms with Crippen LogP contribution >= 0.6 is 0 Å². The van der Waals surface area contributed by atoms with Crippen LogP contribution in [0, 0.1) is 0 Å². The van der Waals surface area contributed by atoms with Crippen molar-refractivity contribution in [3.05, 3.63) is 0 Å². The molecule has 1 saturated heterocycles. The van der Waals surface area contributed by atoms with Gasteiger partial charge in [-0.15, -0.1) is 0 Å². The summed E-state index contributed by atoms with van der Waals surface area (Å²) in [5, 5.41) is 11.8. The Kier molecular flexibility index (Phi) is 4.38. The summed E-state index contributed by atoms with van der Waals surface area (Å²) in [6.45, 7) is 6.43. The van der Waals surface area contributed by atoms with Crippen LogP contribution in [0.2, 0.25) is 0 Å². The minimum Gasteiger partial charge on any atom is -0.480 e. The summed E-state index contributed by atoms with van der Waals surface area (Å²) in [4.78, 5) is 24.7. The van der Waals surface area contributed by atoms with Gasteiger partial charge >= 0.3 is 12.0 Å². The first-order valence-corrected chi connectivity index (χ1v) is 8.29. The molecule has 0 radical (unpaired) electrons. The Labute approximate surface area is 119 Å². The number of sulfone groups is 1. The van der Waals surface area contributed by atoms with E-state index in [1.165, 1.54) is 18.7 Å². The van der Waals surface area contributed by atoms with E-state index < -0.39 is 32.9 Å². The number of nitrogens with zero attached hydrogens (tertiary/aromatic N) is 1. The highest BCUT2D eigenvalue weighted by Gasteiger charge is 2.43. The van der Waals surface area contributed by atoms with Gasteiger partial charge in [-0.3, -0.25) is 0 Å². The lowest BCUT2D eigenvalue weighted by atomic mass is 10.0. The molecular formula is C12H22N2O5S. The van der Waals surface area contributed by atoms with Gasteiger partial charge in [-0.25, -0.2) is 18.0 Å². The highest BCUT2D eigenvalue weighted by atomic mass is 32.2. The normalized spacial score (nSPS) is 25.2. The van der Waals surface area contributed by atoms with Crippen LogP contribution in [0.25, 0.3) is 0 Å². The molecule has 8 heteroatoms. The molecule has 20 heavy (non-hydrogen) atoms. The second kappa shape index (κ2) is 5.23. The highest BCUT2D eigenvalue weighted by Crippen LogP contribution is 2.24. The zero-order chi connectivity index (χ0) is 15.8. The largest absolute Gasteiger partial charge is 0.480 e. The van der Waals surface area contributed by atoms with Gasteiger partial charge in [0.15, 0.2) is 9.84 Å². The fraction of sp³-hybridized carbons (Fsp3) is 0.833. The Balaban J connectivity index is 2.87. The Morgan fingerprint density at radius 2 is 1.95 bits per heavy atom. The third-order valence-corrected chi connectivity index (χ3v) is 5.57. The minimum atomic E-state index is -3.13. The van der Waals surface area contributed by atoms with E-state index in [0.717, 1.165) is 0 Å². The van der Waals surface area contributed by atoms with Crippen molar-refractivity contribution in [2.45, 2.75) is 45.2 Å². The first-order valence-electron chi connectivity index (χ1n) is 6.47. The molecule has 2 amide bonds. The van der Waals surface area contributed by atoms with Crippen LogP contribution in [0.15, 0.2) is 0 Å². The summed E-state index contributed by atoms with van der Waals surface area (Å²) < 4.78 is 23.0. The highest BCUT2D eigenvalue weighted by molar-refractivity contribution is 7.91. The summed E-state index contributed by atoms with van der Waals surface area (Å²) in [7, 11) is -3.13. The molecule has 1 heterocycles. The van der Waals surface area contributed by atoms with Gasteiger partial charge in [0.1, 0.15) is 5.54 Å². The molecule has 0 aliphatic carbocycles. The van der Waals surface area contributed by atoms with Gasteiger partial charge in [-0.1, -0.05) is 0 Å². The van der Waals surface area contributed by atoms with E-state index >= 15 is 0 Å². The van der Waals surface area contributed by atoms with Gasteiger partial charge in [0.05, 0.1) is 17.0 Å². The fourth-order valence-corrected chi connectivity index (χ4v) is 4.44. The standard InChI is InChI=1S/C12H22N2O5S/c1-5-14(11(2,3)9(15)16)10(17)13-12(4)6-7-20(18,19)8-12/h5-8H2,1-4H3,(H,13,17)(H,15,16). The van der Waals surface area contributed by atoms with E-state index in [1.807, 2.05) is 0 Å². The van der Waals surface area contributed by atoms with Crippen LogP contribution in [-0.2, 0) is 14.6 Å². The van der Waals surface area contributed by atoms with Crippen LogP contribution in [0.1, 0.15) is 34.1 Å². The van der Waals surface area contributed by atoms with E-state index in [9.17, 15) is 23.1 Å². The van der Waals surface area contributed by atoms with Crippen LogP contribution in [-0.4, -0.2) is 59.6 Å². The van der Waals surface area contributed by atoms with Crippen molar-refractivity contribution in [2.24, 2.45) is 0 Å². The SMILES string of the molecule is CCN(C(=O)NC1(C)CCS(=O)(=O)C1)C(C)(C)C(=O)O. The van der Waals surface area contributed by atoms with Crippen molar-refractivity contribution in [3.63, 3.8) is 0 Å². The van der Waals surface area contributed by atoms with Gasteiger partial charge < -0.3 is 15.3 Å². The molecule has 1 aliphatic rings. The maximum Gasteiger partial charge on any atom is 0.329 e. The van der Waals surface area contributed by atoms with Crippen LogP contribution in [0.5, 0.6) is 0 Å². The number of carbonyl (C=O) groups excluding carboxylic acids is 1. The summed E-state index contributed by atoms with van der Waals surface area (Å²) in [5.41, 5.74) is -2.19. The van der Waals surface area contributed by atoms with Crippen molar-refractivity contribution < 1.29 is 23.1 Å². The van der Waals surface area contributed by atoms with Crippen molar-refractivity contribution >= 4 is 21.8 Å². The molecule has 2 N–H and O–H groups in total. The van der Waals surface area contributed by atoms with E-state index in [0.29, 0.717) is 6.42 Å². The molecule has 1 rings (SSSR count). The van der Waals surface area contributed by atoms with Gasteiger partial charge in [0, 0.05) is 6.54 Å². The number of urea groups is 1. The number of hydrogen-bond donors (Lipinski definition) is 2. The number of likely N-dealkylation sites (N-methyl/N-ethyl adjacent to an activating group) is 1. The maximum absolute atomic E-state index is 12.3. The van der Waals surface area contributed by atoms with Crippen molar-refractivity contribution in [1.82, 2.24) is 10.2 Å². The summed E-state index contributed by atoms with van der Waals surface area (Å²) in [5.74, 6) is -1.19. The number of aliphatic carboxylic acids is 1. The molecule has 0 aromatic heterocycles. The van der Waals surface area contributed by atoms with Crippen molar-refractivity contribution in [3.8, 4) is 0 Å². The third kappa shape index (κ3) is 3.41. The number of carboxylic acid groups (broad SMARTS) is 1. The van der Waals surface area contributed by atoms with E-state index in [4.69, 9.17) is 0 Å². The van der Waals surface area contributed by atoms with Gasteiger partial charge in [-0.05, 0) is 34.1 Å². The van der Waals surface area contributed by atoms with Crippen LogP contribution in [0.3, 0.4) is 0 Å². The lowest BCUT2D eigenvalue weighted by molar-refractivity contribution is -0.147. The molecule has 7 nitrogen and oxygen atoms in total. The van der Waals surface area contributed by atoms with E-state index in [1.54, 1.807) is 13.8 Å². The molecule has 0 bridgehead atoms.